The topological polar surface area (TPSA) is 11.4 Å². The van der Waals surface area contributed by atoms with Gasteiger partial charge in [-0.3, -0.25) is 0 Å². The largest absolute Gasteiger partial charge is 0.310 e. The fourth-order valence-corrected chi connectivity index (χ4v) is 11.8. The highest BCUT2D eigenvalue weighted by atomic mass is 15.2. The van der Waals surface area contributed by atoms with Crippen molar-refractivity contribution in [2.75, 3.05) is 9.80 Å². The number of benzene rings is 11. The van der Waals surface area contributed by atoms with Crippen LogP contribution in [0.15, 0.2) is 261 Å². The molecule has 1 spiro atoms. The molecule has 0 N–H and O–H groups in total. The molecule has 2 aliphatic carbocycles. The quantitative estimate of drug-likeness (QED) is 0.158. The number of fused-ring (bicyclic) bond motifs is 14. The minimum absolute atomic E-state index is 0.536. The number of anilines is 6. The number of nitrogens with zero attached hydrogens (tertiary/aromatic N) is 3. The van der Waals surface area contributed by atoms with Gasteiger partial charge in [-0.05, 0) is 135 Å². The Hall–Kier alpha value is -8.92. The highest BCUT2D eigenvalue weighted by Crippen LogP contribution is 2.65. The van der Waals surface area contributed by atoms with E-state index in [2.05, 4.69) is 275 Å². The van der Waals surface area contributed by atoms with Gasteiger partial charge in [0.15, 0.2) is 0 Å². The van der Waals surface area contributed by atoms with E-state index in [1.165, 1.54) is 77.1 Å². The molecule has 3 heteroatoms. The summed E-state index contributed by atoms with van der Waals surface area (Å²) in [6.45, 7) is 0. The summed E-state index contributed by atoms with van der Waals surface area (Å²) in [5.41, 5.74) is 20.0. The lowest BCUT2D eigenvalue weighted by Crippen LogP contribution is -2.26. The number of hydrogen-bond donors (Lipinski definition) is 0. The molecule has 1 heterocycles. The summed E-state index contributed by atoms with van der Waals surface area (Å²) < 4.78 is 2.40. The SMILES string of the molecule is c1ccc(N(c2ccc3c(c2)-c2ccccc2C32c3ccccc3-c3c(N(c4ccccc4)c4ccc5ccccc5c4)cccc32)c2ccc3c4ccccc4n(-c4ccccc4)c3c2)cc1. The van der Waals surface area contributed by atoms with Crippen molar-refractivity contribution in [3.8, 4) is 27.9 Å². The lowest BCUT2D eigenvalue weighted by Gasteiger charge is -2.32. The molecule has 0 saturated carbocycles. The van der Waals surface area contributed by atoms with Gasteiger partial charge in [0.05, 0.1) is 22.1 Å². The lowest BCUT2D eigenvalue weighted by molar-refractivity contribution is 0.793. The summed E-state index contributed by atoms with van der Waals surface area (Å²) in [5.74, 6) is 0. The molecule has 14 rings (SSSR count). The first-order valence-electron chi connectivity index (χ1n) is 23.5. The van der Waals surface area contributed by atoms with E-state index >= 15 is 0 Å². The van der Waals surface area contributed by atoms with Crippen LogP contribution in [0.1, 0.15) is 22.3 Å². The number of hydrogen-bond acceptors (Lipinski definition) is 2. The Labute approximate surface area is 395 Å². The summed E-state index contributed by atoms with van der Waals surface area (Å²) >= 11 is 0. The Bertz CT molecular complexity index is 3930. The fourth-order valence-electron chi connectivity index (χ4n) is 11.8. The van der Waals surface area contributed by atoms with Gasteiger partial charge in [0.1, 0.15) is 0 Å². The monoisotopic (exact) mass is 865 g/mol. The minimum Gasteiger partial charge on any atom is -0.310 e. The molecule has 0 aliphatic heterocycles. The molecule has 0 bridgehead atoms. The molecule has 0 amide bonds. The Balaban J connectivity index is 0.989. The highest BCUT2D eigenvalue weighted by Gasteiger charge is 2.52. The molecule has 0 saturated heterocycles. The van der Waals surface area contributed by atoms with Crippen LogP contribution in [-0.2, 0) is 5.41 Å². The minimum atomic E-state index is -0.536. The first-order chi connectivity index (χ1) is 33.8. The van der Waals surface area contributed by atoms with Crippen LogP contribution in [-0.4, -0.2) is 4.57 Å². The van der Waals surface area contributed by atoms with E-state index in [1.807, 2.05) is 0 Å². The van der Waals surface area contributed by atoms with Crippen LogP contribution < -0.4 is 9.80 Å². The normalized spacial score (nSPS) is 14.2. The Morgan fingerprint density at radius 1 is 0.294 bits per heavy atom. The van der Waals surface area contributed by atoms with Crippen LogP contribution in [0.4, 0.5) is 34.1 Å². The molecule has 318 valence electrons. The maximum atomic E-state index is 2.46. The van der Waals surface area contributed by atoms with E-state index in [1.54, 1.807) is 0 Å². The zero-order chi connectivity index (χ0) is 44.8. The third kappa shape index (κ3) is 5.54. The average Bonchev–Trinajstić information content (AvgIpc) is 4.01. The van der Waals surface area contributed by atoms with Crippen molar-refractivity contribution in [1.82, 2.24) is 4.57 Å². The van der Waals surface area contributed by atoms with Gasteiger partial charge in [0.25, 0.3) is 0 Å². The van der Waals surface area contributed by atoms with E-state index in [4.69, 9.17) is 0 Å². The van der Waals surface area contributed by atoms with Gasteiger partial charge in [-0.2, -0.15) is 0 Å². The van der Waals surface area contributed by atoms with Crippen molar-refractivity contribution in [3.05, 3.63) is 283 Å². The molecule has 11 aromatic carbocycles. The van der Waals surface area contributed by atoms with Crippen molar-refractivity contribution in [1.29, 1.82) is 0 Å². The molecule has 1 aromatic heterocycles. The van der Waals surface area contributed by atoms with Crippen molar-refractivity contribution >= 4 is 66.7 Å². The second-order valence-corrected chi connectivity index (χ2v) is 18.0. The Morgan fingerprint density at radius 2 is 0.838 bits per heavy atom. The van der Waals surface area contributed by atoms with Gasteiger partial charge in [-0.15, -0.1) is 0 Å². The molecule has 1 unspecified atom stereocenters. The van der Waals surface area contributed by atoms with Crippen LogP contribution in [0, 0.1) is 0 Å². The van der Waals surface area contributed by atoms with Crippen LogP contribution in [0.25, 0.3) is 60.5 Å². The maximum Gasteiger partial charge on any atom is 0.0726 e. The van der Waals surface area contributed by atoms with Crippen molar-refractivity contribution in [2.45, 2.75) is 5.41 Å². The second-order valence-electron chi connectivity index (χ2n) is 18.0. The van der Waals surface area contributed by atoms with Gasteiger partial charge in [-0.25, -0.2) is 0 Å². The molecule has 12 aromatic rings. The molecule has 3 nitrogen and oxygen atoms in total. The van der Waals surface area contributed by atoms with Gasteiger partial charge < -0.3 is 14.4 Å². The van der Waals surface area contributed by atoms with E-state index in [0.29, 0.717) is 0 Å². The van der Waals surface area contributed by atoms with Gasteiger partial charge >= 0.3 is 0 Å². The zero-order valence-corrected chi connectivity index (χ0v) is 37.2. The van der Waals surface area contributed by atoms with E-state index < -0.39 is 5.41 Å². The summed E-state index contributed by atoms with van der Waals surface area (Å²) in [6.07, 6.45) is 0. The standard InChI is InChI=1S/C65H43N3/c1-4-21-46(22-5-1)66(51-37-39-54-53-28-14-17-33-61(53)68(63(54)43-51)48-25-8-3-9-26-48)50-38-40-59-56(42-50)52-27-12-15-30-57(52)65(59)58-31-16-13-29-55(58)64-60(65)32-18-34-62(64)67(47-23-6-2-7-24-47)49-36-35-44-19-10-11-20-45(44)41-49/h1-43H. The van der Waals surface area contributed by atoms with Gasteiger partial charge in [-0.1, -0.05) is 176 Å². The van der Waals surface area contributed by atoms with E-state index in [0.717, 1.165) is 39.8 Å². The highest BCUT2D eigenvalue weighted by molar-refractivity contribution is 6.10. The number of rotatable bonds is 7. The van der Waals surface area contributed by atoms with Crippen molar-refractivity contribution < 1.29 is 0 Å². The average molecular weight is 866 g/mol. The number of para-hydroxylation sites is 4. The maximum absolute atomic E-state index is 2.46. The van der Waals surface area contributed by atoms with E-state index in [-0.39, 0.29) is 0 Å². The zero-order valence-electron chi connectivity index (χ0n) is 37.2. The molecule has 1 atom stereocenters. The molecule has 0 radical (unpaired) electrons. The summed E-state index contributed by atoms with van der Waals surface area (Å²) in [4.78, 5) is 4.88. The van der Waals surface area contributed by atoms with Crippen LogP contribution >= 0.6 is 0 Å². The first kappa shape index (κ1) is 38.4. The van der Waals surface area contributed by atoms with Crippen LogP contribution in [0.5, 0.6) is 0 Å². The molecule has 2 aliphatic rings. The van der Waals surface area contributed by atoms with Crippen LogP contribution in [0.2, 0.25) is 0 Å². The lowest BCUT2D eigenvalue weighted by atomic mass is 9.70. The third-order valence-corrected chi connectivity index (χ3v) is 14.5. The molecule has 68 heavy (non-hydrogen) atoms. The summed E-state index contributed by atoms with van der Waals surface area (Å²) in [6, 6.07) is 96.1. The third-order valence-electron chi connectivity index (χ3n) is 14.5. The van der Waals surface area contributed by atoms with Gasteiger partial charge in [0.2, 0.25) is 0 Å². The van der Waals surface area contributed by atoms with Crippen LogP contribution in [0.3, 0.4) is 0 Å². The smallest absolute Gasteiger partial charge is 0.0726 e. The fraction of sp³-hybridized carbons (Fsp3) is 0.0154. The van der Waals surface area contributed by atoms with E-state index in [9.17, 15) is 0 Å². The predicted octanol–water partition coefficient (Wildman–Crippen LogP) is 17.2. The molecular formula is C65H43N3. The van der Waals surface area contributed by atoms with Crippen molar-refractivity contribution in [2.24, 2.45) is 0 Å². The Kier molecular flexibility index (Phi) is 8.50. The second kappa shape index (κ2) is 15.1. The Morgan fingerprint density at radius 3 is 1.63 bits per heavy atom. The van der Waals surface area contributed by atoms with Crippen molar-refractivity contribution in [3.63, 3.8) is 0 Å². The summed E-state index contributed by atoms with van der Waals surface area (Å²) in [5, 5.41) is 4.92. The first-order valence-corrected chi connectivity index (χ1v) is 23.5. The molecule has 0 fully saturated rings. The summed E-state index contributed by atoms with van der Waals surface area (Å²) in [7, 11) is 0. The van der Waals surface area contributed by atoms with Gasteiger partial charge in [0, 0.05) is 50.5 Å². The molecular weight excluding hydrogens is 823 g/mol. The predicted molar refractivity (Wildman–Crippen MR) is 284 cm³/mol. The number of aromatic nitrogens is 1.